The van der Waals surface area contributed by atoms with Crippen LogP contribution in [0.1, 0.15) is 53.9 Å². The number of hydrogen-bond donors (Lipinski definition) is 1. The van der Waals surface area contributed by atoms with Gasteiger partial charge in [-0.15, -0.1) is 0 Å². The maximum Gasteiger partial charge on any atom is 0.0900 e. The van der Waals surface area contributed by atoms with Crippen molar-refractivity contribution in [2.24, 2.45) is 17.8 Å². The van der Waals surface area contributed by atoms with Gasteiger partial charge in [0.05, 0.1) is 31.0 Å². The molecule has 4 nitrogen and oxygen atoms in total. The summed E-state index contributed by atoms with van der Waals surface area (Å²) < 4.78 is 11.9. The fourth-order valence-electron chi connectivity index (χ4n) is 4.33. The number of aliphatic hydroxyl groups excluding tert-OH is 1. The van der Waals surface area contributed by atoms with Gasteiger partial charge in [-0.2, -0.15) is 0 Å². The summed E-state index contributed by atoms with van der Waals surface area (Å²) in [5, 5.41) is 10.4. The van der Waals surface area contributed by atoms with Crippen molar-refractivity contribution in [1.29, 1.82) is 0 Å². The Balaban J connectivity index is 1.77. The van der Waals surface area contributed by atoms with Gasteiger partial charge in [-0.25, -0.2) is 0 Å². The van der Waals surface area contributed by atoms with Crippen molar-refractivity contribution in [2.45, 2.75) is 78.3 Å². The van der Waals surface area contributed by atoms with Gasteiger partial charge in [-0.1, -0.05) is 27.2 Å². The Morgan fingerprint density at radius 3 is 2.39 bits per heavy atom. The first kappa shape index (κ1) is 19.2. The minimum Gasteiger partial charge on any atom is -0.389 e. The number of ether oxygens (including phenoxy) is 2. The zero-order chi connectivity index (χ0) is 17.0. The van der Waals surface area contributed by atoms with Gasteiger partial charge in [0.1, 0.15) is 0 Å². The van der Waals surface area contributed by atoms with Gasteiger partial charge in [0.15, 0.2) is 0 Å². The molecule has 1 saturated carbocycles. The van der Waals surface area contributed by atoms with Crippen LogP contribution in [0.3, 0.4) is 0 Å². The lowest BCUT2D eigenvalue weighted by Gasteiger charge is -2.38. The summed E-state index contributed by atoms with van der Waals surface area (Å²) in [6.45, 7) is 14.1. The smallest absolute Gasteiger partial charge is 0.0900 e. The van der Waals surface area contributed by atoms with E-state index in [0.29, 0.717) is 31.1 Å². The molecule has 0 bridgehead atoms. The van der Waals surface area contributed by atoms with Gasteiger partial charge >= 0.3 is 0 Å². The van der Waals surface area contributed by atoms with Crippen molar-refractivity contribution in [3.05, 3.63) is 0 Å². The van der Waals surface area contributed by atoms with E-state index in [-0.39, 0.29) is 12.2 Å². The molecule has 1 N–H and O–H groups in total. The SMILES string of the molecule is CC1CCC(C(C)C)C(OCC(O)CN2CC(C)OC(C)C2)C1. The summed E-state index contributed by atoms with van der Waals surface area (Å²) in [5.74, 6) is 2.04. The number of rotatable bonds is 6. The van der Waals surface area contributed by atoms with E-state index in [1.165, 1.54) is 12.8 Å². The molecule has 0 aromatic heterocycles. The monoisotopic (exact) mass is 327 g/mol. The van der Waals surface area contributed by atoms with Gasteiger partial charge in [-0.3, -0.25) is 4.90 Å². The molecule has 4 heteroatoms. The molecular weight excluding hydrogens is 290 g/mol. The Morgan fingerprint density at radius 1 is 1.13 bits per heavy atom. The Bertz CT molecular complexity index is 340. The zero-order valence-electron chi connectivity index (χ0n) is 15.7. The Hall–Kier alpha value is -0.160. The molecule has 23 heavy (non-hydrogen) atoms. The van der Waals surface area contributed by atoms with E-state index in [1.54, 1.807) is 0 Å². The van der Waals surface area contributed by atoms with E-state index < -0.39 is 6.10 Å². The van der Waals surface area contributed by atoms with E-state index in [1.807, 2.05) is 0 Å². The molecule has 6 atom stereocenters. The van der Waals surface area contributed by atoms with Gasteiger partial charge < -0.3 is 14.6 Å². The predicted molar refractivity (Wildman–Crippen MR) is 93.5 cm³/mol. The fraction of sp³-hybridized carbons (Fsp3) is 1.00. The molecule has 0 aromatic rings. The third-order valence-electron chi connectivity index (χ3n) is 5.43. The lowest BCUT2D eigenvalue weighted by molar-refractivity contribution is -0.0974. The maximum absolute atomic E-state index is 10.4. The molecule has 1 aliphatic heterocycles. The number of hydrogen-bond acceptors (Lipinski definition) is 4. The molecule has 1 aliphatic carbocycles. The van der Waals surface area contributed by atoms with Crippen LogP contribution in [0.5, 0.6) is 0 Å². The van der Waals surface area contributed by atoms with Crippen LogP contribution in [0.25, 0.3) is 0 Å². The van der Waals surface area contributed by atoms with E-state index in [9.17, 15) is 5.11 Å². The standard InChI is InChI=1S/C19H37NO3/c1-13(2)18-7-6-14(3)8-19(18)22-12-17(21)11-20-9-15(4)23-16(5)10-20/h13-19,21H,6-12H2,1-5H3. The fourth-order valence-corrected chi connectivity index (χ4v) is 4.33. The lowest BCUT2D eigenvalue weighted by Crippen LogP contribution is -2.49. The van der Waals surface area contributed by atoms with E-state index in [4.69, 9.17) is 9.47 Å². The van der Waals surface area contributed by atoms with Crippen molar-refractivity contribution in [1.82, 2.24) is 4.90 Å². The number of aliphatic hydroxyl groups is 1. The highest BCUT2D eigenvalue weighted by Gasteiger charge is 2.32. The number of nitrogens with zero attached hydrogens (tertiary/aromatic N) is 1. The minimum absolute atomic E-state index is 0.247. The van der Waals surface area contributed by atoms with Gasteiger partial charge in [0, 0.05) is 19.6 Å². The van der Waals surface area contributed by atoms with Gasteiger partial charge in [0.2, 0.25) is 0 Å². The van der Waals surface area contributed by atoms with Gasteiger partial charge in [-0.05, 0) is 44.4 Å². The molecule has 2 fully saturated rings. The number of morpholine rings is 1. The predicted octanol–water partition coefficient (Wildman–Crippen LogP) is 2.93. The van der Waals surface area contributed by atoms with Crippen molar-refractivity contribution in [2.75, 3.05) is 26.2 Å². The Labute approximate surface area is 142 Å². The molecule has 2 rings (SSSR count). The van der Waals surface area contributed by atoms with Crippen LogP contribution in [0.2, 0.25) is 0 Å². The summed E-state index contributed by atoms with van der Waals surface area (Å²) in [7, 11) is 0. The highest BCUT2D eigenvalue weighted by Crippen LogP contribution is 2.35. The van der Waals surface area contributed by atoms with Crippen molar-refractivity contribution in [3.63, 3.8) is 0 Å². The molecule has 1 heterocycles. The molecule has 0 aromatic carbocycles. The van der Waals surface area contributed by atoms with Crippen LogP contribution in [-0.2, 0) is 9.47 Å². The average molecular weight is 328 g/mol. The highest BCUT2D eigenvalue weighted by atomic mass is 16.5. The van der Waals surface area contributed by atoms with Crippen LogP contribution >= 0.6 is 0 Å². The maximum atomic E-state index is 10.4. The Kier molecular flexibility index (Phi) is 7.33. The van der Waals surface area contributed by atoms with Crippen LogP contribution in [-0.4, -0.2) is 60.7 Å². The summed E-state index contributed by atoms with van der Waals surface area (Å²) in [6, 6.07) is 0. The second-order valence-electron chi connectivity index (χ2n) is 8.33. The van der Waals surface area contributed by atoms with Crippen LogP contribution in [0.4, 0.5) is 0 Å². The summed E-state index contributed by atoms with van der Waals surface area (Å²) in [4.78, 5) is 2.30. The van der Waals surface area contributed by atoms with Crippen molar-refractivity contribution >= 4 is 0 Å². The van der Waals surface area contributed by atoms with E-state index in [2.05, 4.69) is 39.5 Å². The second kappa shape index (κ2) is 8.80. The van der Waals surface area contributed by atoms with Crippen molar-refractivity contribution < 1.29 is 14.6 Å². The quantitative estimate of drug-likeness (QED) is 0.814. The molecule has 0 radical (unpaired) electrons. The molecule has 2 aliphatic rings. The molecule has 0 amide bonds. The first-order valence-electron chi connectivity index (χ1n) is 9.52. The molecule has 1 saturated heterocycles. The normalized spacial score (nSPS) is 38.0. The third kappa shape index (κ3) is 6.00. The first-order chi connectivity index (χ1) is 10.8. The largest absolute Gasteiger partial charge is 0.389 e. The lowest BCUT2D eigenvalue weighted by atomic mass is 9.75. The molecular formula is C19H37NO3. The summed E-state index contributed by atoms with van der Waals surface area (Å²) in [6.07, 6.45) is 4.12. The zero-order valence-corrected chi connectivity index (χ0v) is 15.7. The topological polar surface area (TPSA) is 41.9 Å². The van der Waals surface area contributed by atoms with Crippen LogP contribution in [0.15, 0.2) is 0 Å². The first-order valence-corrected chi connectivity index (χ1v) is 9.52. The minimum atomic E-state index is -0.405. The summed E-state index contributed by atoms with van der Waals surface area (Å²) in [5.41, 5.74) is 0. The van der Waals surface area contributed by atoms with Gasteiger partial charge in [0.25, 0.3) is 0 Å². The summed E-state index contributed by atoms with van der Waals surface area (Å²) >= 11 is 0. The van der Waals surface area contributed by atoms with E-state index >= 15 is 0 Å². The van der Waals surface area contributed by atoms with Crippen LogP contribution in [0, 0.1) is 17.8 Å². The van der Waals surface area contributed by atoms with Crippen LogP contribution < -0.4 is 0 Å². The highest BCUT2D eigenvalue weighted by molar-refractivity contribution is 4.82. The van der Waals surface area contributed by atoms with E-state index in [0.717, 1.165) is 25.4 Å². The molecule has 136 valence electrons. The Morgan fingerprint density at radius 2 is 1.78 bits per heavy atom. The second-order valence-corrected chi connectivity index (χ2v) is 8.33. The van der Waals surface area contributed by atoms with Crippen molar-refractivity contribution in [3.8, 4) is 0 Å². The third-order valence-corrected chi connectivity index (χ3v) is 5.43. The molecule has 6 unspecified atom stereocenters. The average Bonchev–Trinajstić information content (AvgIpc) is 2.43. The number of β-amino-alcohol motifs (C(OH)–C–C–N with tert-alkyl or cyclic N) is 1. The molecule has 0 spiro atoms.